The Hall–Kier alpha value is -1.33. The highest BCUT2D eigenvalue weighted by Crippen LogP contribution is 2.34. The van der Waals surface area contributed by atoms with Crippen molar-refractivity contribution in [2.45, 2.75) is 26.3 Å². The first-order chi connectivity index (χ1) is 8.52. The Balaban J connectivity index is 2.53. The summed E-state index contributed by atoms with van der Waals surface area (Å²) in [6.45, 7) is 5.31. The van der Waals surface area contributed by atoms with Crippen molar-refractivity contribution in [3.63, 3.8) is 0 Å². The molecule has 0 saturated heterocycles. The van der Waals surface area contributed by atoms with Crippen molar-refractivity contribution in [1.82, 2.24) is 5.32 Å². The van der Waals surface area contributed by atoms with Gasteiger partial charge in [0.15, 0.2) is 0 Å². The van der Waals surface area contributed by atoms with Gasteiger partial charge in [0, 0.05) is 12.1 Å². The summed E-state index contributed by atoms with van der Waals surface area (Å²) < 4.78 is 5.40. The smallest absolute Gasteiger partial charge is 0.312 e. The molecule has 0 amide bonds. The van der Waals surface area contributed by atoms with Crippen molar-refractivity contribution in [1.29, 1.82) is 0 Å². The Morgan fingerprint density at radius 3 is 2.83 bits per heavy atom. The van der Waals surface area contributed by atoms with Crippen LogP contribution in [0, 0.1) is 10.1 Å². The van der Waals surface area contributed by atoms with Crippen LogP contribution in [0.25, 0.3) is 0 Å². The normalized spacial score (nSPS) is 10.7. The van der Waals surface area contributed by atoms with Crippen LogP contribution in [0.5, 0.6) is 5.75 Å². The van der Waals surface area contributed by atoms with Crippen molar-refractivity contribution in [3.05, 3.63) is 33.3 Å². The molecule has 0 bridgehead atoms. The van der Waals surface area contributed by atoms with E-state index in [1.165, 1.54) is 12.1 Å². The quantitative estimate of drug-likeness (QED) is 0.471. The number of halogens is 1. The van der Waals surface area contributed by atoms with Crippen LogP contribution in [0.1, 0.15) is 20.3 Å². The van der Waals surface area contributed by atoms with E-state index >= 15 is 0 Å². The zero-order valence-electron chi connectivity index (χ0n) is 10.5. The summed E-state index contributed by atoms with van der Waals surface area (Å²) in [4.78, 5) is 10.3. The fourth-order valence-electron chi connectivity index (χ4n) is 1.42. The van der Waals surface area contributed by atoms with Crippen LogP contribution < -0.4 is 10.1 Å². The number of nitrogens with zero attached hydrogens (tertiary/aromatic N) is 1. The second kappa shape index (κ2) is 7.18. The highest BCUT2D eigenvalue weighted by Gasteiger charge is 2.17. The van der Waals surface area contributed by atoms with Crippen molar-refractivity contribution < 1.29 is 9.66 Å². The van der Waals surface area contributed by atoms with E-state index < -0.39 is 4.92 Å². The van der Waals surface area contributed by atoms with Gasteiger partial charge in [0.1, 0.15) is 0 Å². The fraction of sp³-hybridized carbons (Fsp3) is 0.500. The maximum Gasteiger partial charge on any atom is 0.312 e. The van der Waals surface area contributed by atoms with Crippen LogP contribution in [0.2, 0.25) is 5.02 Å². The average Bonchev–Trinajstić information content (AvgIpc) is 2.29. The van der Waals surface area contributed by atoms with Gasteiger partial charge in [-0.15, -0.1) is 0 Å². The molecule has 5 nitrogen and oxygen atoms in total. The van der Waals surface area contributed by atoms with Crippen molar-refractivity contribution in [2.75, 3.05) is 13.2 Å². The Morgan fingerprint density at radius 2 is 2.22 bits per heavy atom. The number of benzene rings is 1. The highest BCUT2D eigenvalue weighted by atomic mass is 35.5. The Kier molecular flexibility index (Phi) is 5.88. The van der Waals surface area contributed by atoms with E-state index in [1.807, 2.05) is 0 Å². The number of ether oxygens (including phenoxy) is 1. The average molecular weight is 273 g/mol. The van der Waals surface area contributed by atoms with E-state index in [2.05, 4.69) is 19.2 Å². The molecule has 0 heterocycles. The summed E-state index contributed by atoms with van der Waals surface area (Å²) in [5, 5.41) is 14.3. The molecule has 100 valence electrons. The van der Waals surface area contributed by atoms with Gasteiger partial charge >= 0.3 is 5.69 Å². The zero-order valence-corrected chi connectivity index (χ0v) is 11.2. The van der Waals surface area contributed by atoms with E-state index in [-0.39, 0.29) is 16.5 Å². The predicted molar refractivity (Wildman–Crippen MR) is 71.4 cm³/mol. The molecule has 0 aliphatic carbocycles. The number of rotatable bonds is 7. The fourth-order valence-corrected chi connectivity index (χ4v) is 1.65. The minimum absolute atomic E-state index is 0.0979. The molecule has 0 spiro atoms. The molecule has 0 saturated carbocycles. The molecule has 1 rings (SSSR count). The molecule has 0 aliphatic heterocycles. The third-order valence-corrected chi connectivity index (χ3v) is 2.56. The monoisotopic (exact) mass is 272 g/mol. The molecule has 1 aromatic rings. The summed E-state index contributed by atoms with van der Waals surface area (Å²) in [5.74, 6) is 0.147. The minimum Gasteiger partial charge on any atom is -0.486 e. The first-order valence-electron chi connectivity index (χ1n) is 5.81. The summed E-state index contributed by atoms with van der Waals surface area (Å²) in [6, 6.07) is 4.91. The lowest BCUT2D eigenvalue weighted by atomic mass is 10.3. The van der Waals surface area contributed by atoms with Crippen LogP contribution in [-0.4, -0.2) is 24.1 Å². The molecular weight excluding hydrogens is 256 g/mol. The topological polar surface area (TPSA) is 64.4 Å². The molecule has 0 radical (unpaired) electrons. The summed E-state index contributed by atoms with van der Waals surface area (Å²) in [5.41, 5.74) is -0.0979. The summed E-state index contributed by atoms with van der Waals surface area (Å²) in [6.07, 6.45) is 0.764. The van der Waals surface area contributed by atoms with E-state index in [9.17, 15) is 10.1 Å². The van der Waals surface area contributed by atoms with Crippen molar-refractivity contribution >= 4 is 17.3 Å². The number of hydrogen-bond acceptors (Lipinski definition) is 4. The number of nitrogens with one attached hydrogen (secondary N) is 1. The van der Waals surface area contributed by atoms with Gasteiger partial charge in [-0.2, -0.15) is 0 Å². The molecule has 0 aromatic heterocycles. The molecule has 1 N–H and O–H groups in total. The molecule has 18 heavy (non-hydrogen) atoms. The van der Waals surface area contributed by atoms with Gasteiger partial charge in [-0.25, -0.2) is 0 Å². The minimum atomic E-state index is -0.492. The number of nitro groups is 1. The summed E-state index contributed by atoms with van der Waals surface area (Å²) in [7, 11) is 0. The molecule has 0 aliphatic rings. The van der Waals surface area contributed by atoms with Crippen LogP contribution in [0.3, 0.4) is 0 Å². The third kappa shape index (κ3) is 4.50. The maximum absolute atomic E-state index is 10.8. The molecule has 1 aromatic carbocycles. The van der Waals surface area contributed by atoms with E-state index in [0.29, 0.717) is 12.6 Å². The third-order valence-electron chi connectivity index (χ3n) is 2.26. The van der Waals surface area contributed by atoms with E-state index in [1.54, 1.807) is 6.07 Å². The SMILES string of the molecule is CC(C)NCCCOc1c(Cl)cccc1[N+](=O)[O-]. The lowest BCUT2D eigenvalue weighted by Crippen LogP contribution is -2.24. The van der Waals surface area contributed by atoms with Crippen molar-refractivity contribution in [3.8, 4) is 5.75 Å². The van der Waals surface area contributed by atoms with Gasteiger partial charge in [0.05, 0.1) is 16.6 Å². The van der Waals surface area contributed by atoms with Gasteiger partial charge in [0.25, 0.3) is 0 Å². The maximum atomic E-state index is 10.8. The molecule has 6 heteroatoms. The zero-order chi connectivity index (χ0) is 13.5. The van der Waals surface area contributed by atoms with Crippen LogP contribution in [-0.2, 0) is 0 Å². The lowest BCUT2D eigenvalue weighted by molar-refractivity contribution is -0.385. The van der Waals surface area contributed by atoms with Crippen LogP contribution >= 0.6 is 11.6 Å². The molecule has 0 unspecified atom stereocenters. The first kappa shape index (κ1) is 14.7. The second-order valence-electron chi connectivity index (χ2n) is 4.16. The number of hydrogen-bond donors (Lipinski definition) is 1. The van der Waals surface area contributed by atoms with Gasteiger partial charge in [-0.1, -0.05) is 31.5 Å². The van der Waals surface area contributed by atoms with Crippen LogP contribution in [0.4, 0.5) is 5.69 Å². The Morgan fingerprint density at radius 1 is 1.50 bits per heavy atom. The molecule has 0 fully saturated rings. The van der Waals surface area contributed by atoms with Gasteiger partial charge in [-0.3, -0.25) is 10.1 Å². The van der Waals surface area contributed by atoms with E-state index in [0.717, 1.165) is 13.0 Å². The molecule has 0 atom stereocenters. The Bertz CT molecular complexity index is 410. The predicted octanol–water partition coefficient (Wildman–Crippen LogP) is 3.02. The van der Waals surface area contributed by atoms with Gasteiger partial charge < -0.3 is 10.1 Å². The van der Waals surface area contributed by atoms with Crippen molar-refractivity contribution in [2.24, 2.45) is 0 Å². The highest BCUT2D eigenvalue weighted by molar-refractivity contribution is 6.32. The van der Waals surface area contributed by atoms with E-state index in [4.69, 9.17) is 16.3 Å². The lowest BCUT2D eigenvalue weighted by Gasteiger charge is -2.10. The molecular formula is C12H17ClN2O3. The van der Waals surface area contributed by atoms with Gasteiger partial charge in [0.2, 0.25) is 5.75 Å². The van der Waals surface area contributed by atoms with Crippen LogP contribution in [0.15, 0.2) is 18.2 Å². The second-order valence-corrected chi connectivity index (χ2v) is 4.56. The number of nitro benzene ring substituents is 1. The number of para-hydroxylation sites is 1. The Labute approximate surface area is 111 Å². The summed E-state index contributed by atoms with van der Waals surface area (Å²) >= 11 is 5.89. The van der Waals surface area contributed by atoms with Gasteiger partial charge in [-0.05, 0) is 19.0 Å². The largest absolute Gasteiger partial charge is 0.486 e. The first-order valence-corrected chi connectivity index (χ1v) is 6.19. The standard InChI is InChI=1S/C12H17ClN2O3/c1-9(2)14-7-4-8-18-12-10(13)5-3-6-11(12)15(16)17/h3,5-6,9,14H,4,7-8H2,1-2H3.